The third-order valence-electron chi connectivity index (χ3n) is 4.08. The lowest BCUT2D eigenvalue weighted by molar-refractivity contribution is 0.300. The number of nitrogens with zero attached hydrogens (tertiary/aromatic N) is 1. The van der Waals surface area contributed by atoms with Crippen molar-refractivity contribution in [3.8, 4) is 11.8 Å². The van der Waals surface area contributed by atoms with E-state index >= 15 is 0 Å². The largest absolute Gasteiger partial charge is 0.489 e. The second-order valence-corrected chi connectivity index (χ2v) is 8.32. The molecule has 0 spiro atoms. The molecule has 3 aromatic rings. The van der Waals surface area contributed by atoms with Crippen LogP contribution in [0.3, 0.4) is 0 Å². The van der Waals surface area contributed by atoms with E-state index in [2.05, 4.69) is 0 Å². The maximum absolute atomic E-state index is 13.8. The molecule has 0 N–H and O–H groups in total. The fourth-order valence-corrected chi connectivity index (χ4v) is 3.93. The van der Waals surface area contributed by atoms with Gasteiger partial charge in [-0.25, -0.2) is 12.8 Å². The van der Waals surface area contributed by atoms with Crippen molar-refractivity contribution in [3.63, 3.8) is 0 Å². The van der Waals surface area contributed by atoms with Crippen LogP contribution in [0.25, 0.3) is 6.08 Å². The zero-order valence-electron chi connectivity index (χ0n) is 15.0. The molecule has 0 saturated heterocycles. The molecule has 4 nitrogen and oxygen atoms in total. The van der Waals surface area contributed by atoms with Gasteiger partial charge in [0.2, 0.25) is 9.84 Å². The van der Waals surface area contributed by atoms with E-state index in [4.69, 9.17) is 16.3 Å². The summed E-state index contributed by atoms with van der Waals surface area (Å²) < 4.78 is 44.5. The predicted octanol–water partition coefficient (Wildman–Crippen LogP) is 5.40. The average Bonchev–Trinajstić information content (AvgIpc) is 2.73. The first-order valence-corrected chi connectivity index (χ1v) is 10.4. The maximum Gasteiger partial charge on any atom is 0.216 e. The zero-order chi connectivity index (χ0) is 20.9. The minimum atomic E-state index is -3.90. The van der Waals surface area contributed by atoms with Crippen LogP contribution in [0, 0.1) is 17.1 Å². The van der Waals surface area contributed by atoms with Gasteiger partial charge in [-0.3, -0.25) is 0 Å². The van der Waals surface area contributed by atoms with Crippen molar-refractivity contribution in [2.45, 2.75) is 11.5 Å². The van der Waals surface area contributed by atoms with Gasteiger partial charge < -0.3 is 4.74 Å². The normalized spacial score (nSPS) is 11.7. The molecule has 0 heterocycles. The van der Waals surface area contributed by atoms with Crippen LogP contribution in [0.4, 0.5) is 4.39 Å². The molecule has 0 aromatic heterocycles. The lowest BCUT2D eigenvalue weighted by Gasteiger charge is -2.09. The Morgan fingerprint density at radius 1 is 1.03 bits per heavy atom. The Kier molecular flexibility index (Phi) is 6.32. The van der Waals surface area contributed by atoms with Gasteiger partial charge in [0.15, 0.2) is 0 Å². The molecule has 0 radical (unpaired) electrons. The smallest absolute Gasteiger partial charge is 0.216 e. The SMILES string of the molecule is N#C/C(=C/c1ccc(OCc2c(F)cccc2Cl)cc1)S(=O)(=O)c1ccccc1. The second kappa shape index (κ2) is 8.91. The number of benzene rings is 3. The summed E-state index contributed by atoms with van der Waals surface area (Å²) in [6.07, 6.45) is 1.29. The van der Waals surface area contributed by atoms with Crippen molar-refractivity contribution in [2.24, 2.45) is 0 Å². The first-order chi connectivity index (χ1) is 13.9. The van der Waals surface area contributed by atoms with Crippen LogP contribution >= 0.6 is 11.6 Å². The number of nitriles is 1. The van der Waals surface area contributed by atoms with E-state index in [0.717, 1.165) is 0 Å². The fraction of sp³-hybridized carbons (Fsp3) is 0.0455. The number of hydrogen-bond acceptors (Lipinski definition) is 4. The summed E-state index contributed by atoms with van der Waals surface area (Å²) in [7, 11) is -3.90. The third-order valence-corrected chi connectivity index (χ3v) is 6.11. The van der Waals surface area contributed by atoms with Crippen molar-refractivity contribution < 1.29 is 17.5 Å². The van der Waals surface area contributed by atoms with Gasteiger partial charge in [0, 0.05) is 5.56 Å². The first-order valence-electron chi connectivity index (χ1n) is 8.49. The number of hydrogen-bond donors (Lipinski definition) is 0. The molecule has 146 valence electrons. The van der Waals surface area contributed by atoms with E-state index in [0.29, 0.717) is 11.3 Å². The van der Waals surface area contributed by atoms with E-state index < -0.39 is 15.7 Å². The molecule has 0 saturated carbocycles. The minimum absolute atomic E-state index is 0.0491. The van der Waals surface area contributed by atoms with E-state index in [9.17, 15) is 18.1 Å². The summed E-state index contributed by atoms with van der Waals surface area (Å²) in [5.74, 6) is -0.00673. The van der Waals surface area contributed by atoms with Crippen molar-refractivity contribution in [1.82, 2.24) is 0 Å². The molecule has 0 amide bonds. The summed E-state index contributed by atoms with van der Waals surface area (Å²) in [6.45, 7) is -0.0491. The van der Waals surface area contributed by atoms with Crippen LogP contribution in [0.5, 0.6) is 5.75 Å². The Morgan fingerprint density at radius 3 is 2.34 bits per heavy atom. The van der Waals surface area contributed by atoms with Gasteiger partial charge in [-0.2, -0.15) is 5.26 Å². The molecule has 7 heteroatoms. The maximum atomic E-state index is 13.8. The van der Waals surface area contributed by atoms with Gasteiger partial charge >= 0.3 is 0 Å². The van der Waals surface area contributed by atoms with Crippen LogP contribution in [-0.4, -0.2) is 8.42 Å². The number of rotatable bonds is 6. The van der Waals surface area contributed by atoms with Crippen molar-refractivity contribution in [2.75, 3.05) is 0 Å². The standard InChI is InChI=1S/C22H15ClFNO3S/c23-21-7-4-8-22(24)20(21)15-28-17-11-9-16(10-12-17)13-19(14-25)29(26,27)18-5-2-1-3-6-18/h1-13H,15H2/b19-13-. The highest BCUT2D eigenvalue weighted by molar-refractivity contribution is 7.95. The predicted molar refractivity (Wildman–Crippen MR) is 109 cm³/mol. The molecule has 0 aliphatic heterocycles. The Hall–Kier alpha value is -3.14. The quantitative estimate of drug-likeness (QED) is 0.494. The molecule has 0 fully saturated rings. The summed E-state index contributed by atoms with van der Waals surface area (Å²) in [5, 5.41) is 9.60. The molecule has 0 unspecified atom stereocenters. The molecular weight excluding hydrogens is 413 g/mol. The molecule has 29 heavy (non-hydrogen) atoms. The second-order valence-electron chi connectivity index (χ2n) is 5.99. The average molecular weight is 428 g/mol. The molecule has 0 aliphatic carbocycles. The van der Waals surface area contributed by atoms with Crippen LogP contribution in [0.15, 0.2) is 82.6 Å². The number of ether oxygens (including phenoxy) is 1. The zero-order valence-corrected chi connectivity index (χ0v) is 16.6. The van der Waals surface area contributed by atoms with Crippen LogP contribution in [0.1, 0.15) is 11.1 Å². The molecule has 3 aromatic carbocycles. The third kappa shape index (κ3) is 4.83. The first kappa shape index (κ1) is 20.6. The van der Waals surface area contributed by atoms with Gasteiger partial charge in [0.25, 0.3) is 0 Å². The van der Waals surface area contributed by atoms with Crippen molar-refractivity contribution in [3.05, 3.63) is 99.7 Å². The number of halogens is 2. The van der Waals surface area contributed by atoms with Crippen molar-refractivity contribution >= 4 is 27.5 Å². The molecule has 0 aliphatic rings. The molecule has 0 bridgehead atoms. The van der Waals surface area contributed by atoms with Crippen LogP contribution in [0.2, 0.25) is 5.02 Å². The van der Waals surface area contributed by atoms with E-state index in [1.54, 1.807) is 54.6 Å². The highest BCUT2D eigenvalue weighted by Gasteiger charge is 2.20. The lowest BCUT2D eigenvalue weighted by Crippen LogP contribution is -2.03. The Bertz CT molecular complexity index is 1160. The highest BCUT2D eigenvalue weighted by atomic mass is 35.5. The summed E-state index contributed by atoms with van der Waals surface area (Å²) in [5.41, 5.74) is 0.760. The minimum Gasteiger partial charge on any atom is -0.489 e. The summed E-state index contributed by atoms with van der Waals surface area (Å²) in [4.78, 5) is -0.315. The molecule has 0 atom stereocenters. The van der Waals surface area contributed by atoms with Gasteiger partial charge in [0.1, 0.15) is 29.1 Å². The topological polar surface area (TPSA) is 67.2 Å². The summed E-state index contributed by atoms with van der Waals surface area (Å²) >= 11 is 5.97. The Morgan fingerprint density at radius 2 is 1.72 bits per heavy atom. The van der Waals surface area contributed by atoms with Crippen molar-refractivity contribution in [1.29, 1.82) is 5.26 Å². The van der Waals surface area contributed by atoms with Gasteiger partial charge in [-0.15, -0.1) is 0 Å². The highest BCUT2D eigenvalue weighted by Crippen LogP contribution is 2.24. The van der Waals surface area contributed by atoms with Gasteiger partial charge in [0.05, 0.1) is 9.92 Å². The van der Waals surface area contributed by atoms with Gasteiger partial charge in [-0.05, 0) is 48.0 Å². The fourth-order valence-electron chi connectivity index (χ4n) is 2.53. The Balaban J connectivity index is 1.78. The summed E-state index contributed by atoms with van der Waals surface area (Å²) in [6, 6.07) is 20.3. The van der Waals surface area contributed by atoms with E-state index in [-0.39, 0.29) is 27.0 Å². The monoisotopic (exact) mass is 427 g/mol. The molecular formula is C22H15ClFNO3S. The lowest BCUT2D eigenvalue weighted by atomic mass is 10.2. The molecule has 3 rings (SSSR count). The van der Waals surface area contributed by atoms with Gasteiger partial charge in [-0.1, -0.05) is 48.0 Å². The van der Waals surface area contributed by atoms with E-state index in [1.807, 2.05) is 0 Å². The number of allylic oxidation sites excluding steroid dienone is 1. The van der Waals surface area contributed by atoms with Crippen LogP contribution in [-0.2, 0) is 16.4 Å². The Labute approximate surface area is 173 Å². The number of sulfone groups is 1. The van der Waals surface area contributed by atoms with Crippen LogP contribution < -0.4 is 4.74 Å². The van der Waals surface area contributed by atoms with E-state index in [1.165, 1.54) is 30.3 Å².